The molecule has 2 heterocycles. The Morgan fingerprint density at radius 3 is 2.44 bits per heavy atom. The maximum Gasteiger partial charge on any atom is 0.338 e. The average molecular weight is 461 g/mol. The Bertz CT molecular complexity index is 907. The molecule has 2 aliphatic heterocycles. The van der Waals surface area contributed by atoms with Crippen LogP contribution in [0.4, 0.5) is 4.79 Å². The van der Waals surface area contributed by atoms with Crippen molar-refractivity contribution in [2.75, 3.05) is 45.9 Å². The van der Waals surface area contributed by atoms with Gasteiger partial charge in [0.2, 0.25) is 5.91 Å². The minimum atomic E-state index is -0.659. The first kappa shape index (κ1) is 23.8. The zero-order chi connectivity index (χ0) is 23.3. The third-order valence-corrected chi connectivity index (χ3v) is 5.89. The molecule has 1 N–H and O–H groups in total. The van der Waals surface area contributed by atoms with Crippen LogP contribution in [0.2, 0.25) is 5.02 Å². The van der Waals surface area contributed by atoms with Gasteiger partial charge in [-0.05, 0) is 24.6 Å². The Labute approximate surface area is 193 Å². The summed E-state index contributed by atoms with van der Waals surface area (Å²) in [6.07, 6.45) is 1.62. The molecule has 2 aliphatic rings. The van der Waals surface area contributed by atoms with E-state index in [1.54, 1.807) is 49.1 Å². The number of esters is 1. The molecule has 1 atom stereocenters. The highest BCUT2D eigenvalue weighted by molar-refractivity contribution is 6.30. The van der Waals surface area contributed by atoms with E-state index in [1.807, 2.05) is 0 Å². The van der Waals surface area contributed by atoms with Crippen LogP contribution in [0.5, 0.6) is 0 Å². The topological polar surface area (TPSA) is 82.2 Å². The highest BCUT2D eigenvalue weighted by Gasteiger charge is 2.38. The van der Waals surface area contributed by atoms with Crippen molar-refractivity contribution in [3.05, 3.63) is 58.8 Å². The van der Waals surface area contributed by atoms with Gasteiger partial charge in [-0.1, -0.05) is 29.8 Å². The van der Waals surface area contributed by atoms with Crippen LogP contribution in [0.3, 0.4) is 0 Å². The van der Waals surface area contributed by atoms with E-state index < -0.39 is 12.0 Å². The fourth-order valence-corrected chi connectivity index (χ4v) is 4.11. The van der Waals surface area contributed by atoms with E-state index >= 15 is 0 Å². The second-order valence-electron chi connectivity index (χ2n) is 7.70. The molecule has 9 heteroatoms. The van der Waals surface area contributed by atoms with Crippen molar-refractivity contribution in [3.63, 3.8) is 0 Å². The molecule has 32 heavy (non-hydrogen) atoms. The second-order valence-corrected chi connectivity index (χ2v) is 8.13. The van der Waals surface area contributed by atoms with Crippen LogP contribution in [0.25, 0.3) is 0 Å². The van der Waals surface area contributed by atoms with Crippen LogP contribution < -0.4 is 5.32 Å². The average Bonchev–Trinajstić information content (AvgIpc) is 2.77. The fraction of sp³-hybridized carbons (Fsp3) is 0.435. The number of rotatable bonds is 7. The van der Waals surface area contributed by atoms with Crippen LogP contribution in [0, 0.1) is 0 Å². The lowest BCUT2D eigenvalue weighted by Crippen LogP contribution is -2.53. The minimum Gasteiger partial charge on any atom is -0.463 e. The molecule has 0 aliphatic carbocycles. The molecule has 1 aromatic rings. The van der Waals surface area contributed by atoms with Gasteiger partial charge in [0, 0.05) is 56.9 Å². The van der Waals surface area contributed by atoms with E-state index in [0.717, 1.165) is 5.56 Å². The molecule has 0 bridgehead atoms. The monoisotopic (exact) mass is 460 g/mol. The molecule has 0 saturated carbocycles. The van der Waals surface area contributed by atoms with Crippen molar-refractivity contribution in [1.82, 2.24) is 20.0 Å². The summed E-state index contributed by atoms with van der Waals surface area (Å²) >= 11 is 6.04. The van der Waals surface area contributed by atoms with Crippen LogP contribution in [0.15, 0.2) is 48.2 Å². The fourth-order valence-electron chi connectivity index (χ4n) is 3.98. The predicted octanol–water partition coefficient (Wildman–Crippen LogP) is 2.57. The van der Waals surface area contributed by atoms with Crippen LogP contribution in [-0.2, 0) is 14.3 Å². The smallest absolute Gasteiger partial charge is 0.338 e. The minimum absolute atomic E-state index is 0.0456. The number of piperazine rings is 1. The summed E-state index contributed by atoms with van der Waals surface area (Å²) in [5.41, 5.74) is 1.72. The lowest BCUT2D eigenvalue weighted by molar-refractivity contribution is -0.139. The Morgan fingerprint density at radius 2 is 1.88 bits per heavy atom. The van der Waals surface area contributed by atoms with Gasteiger partial charge in [-0.2, -0.15) is 0 Å². The lowest BCUT2D eigenvalue weighted by atomic mass is 9.94. The SMILES string of the molecule is C=CCN1C(=O)NC(c2ccc(Cl)cc2)C(C(=O)OCC)=C1CN1CCN(C(C)=O)CC1. The number of nitrogens with zero attached hydrogens (tertiary/aromatic N) is 3. The molecule has 1 saturated heterocycles. The van der Waals surface area contributed by atoms with E-state index in [1.165, 1.54) is 4.90 Å². The molecule has 0 spiro atoms. The van der Waals surface area contributed by atoms with Gasteiger partial charge in [0.1, 0.15) is 0 Å². The largest absolute Gasteiger partial charge is 0.463 e. The zero-order valence-electron chi connectivity index (χ0n) is 18.5. The van der Waals surface area contributed by atoms with Gasteiger partial charge < -0.3 is 15.0 Å². The summed E-state index contributed by atoms with van der Waals surface area (Å²) < 4.78 is 5.39. The van der Waals surface area contributed by atoms with Crippen molar-refractivity contribution in [1.29, 1.82) is 0 Å². The van der Waals surface area contributed by atoms with Gasteiger partial charge in [-0.25, -0.2) is 9.59 Å². The number of ether oxygens (including phenoxy) is 1. The first-order chi connectivity index (χ1) is 15.3. The summed E-state index contributed by atoms with van der Waals surface area (Å²) in [6.45, 7) is 10.4. The highest BCUT2D eigenvalue weighted by Crippen LogP contribution is 2.32. The number of halogens is 1. The number of carbonyl (C=O) groups is 3. The molecule has 172 valence electrons. The van der Waals surface area contributed by atoms with Gasteiger partial charge in [-0.3, -0.25) is 14.6 Å². The standard InChI is InChI=1S/C23H29ClN4O4/c1-4-10-28-19(15-26-11-13-27(14-12-26)16(3)29)20(22(30)32-5-2)21(25-23(28)31)17-6-8-18(24)9-7-17/h4,6-9,21H,1,5,10-15H2,2-3H3,(H,25,31). The third-order valence-electron chi connectivity index (χ3n) is 5.64. The Balaban J connectivity index is 2.02. The summed E-state index contributed by atoms with van der Waals surface area (Å²) in [7, 11) is 0. The molecular weight excluding hydrogens is 432 g/mol. The van der Waals surface area contributed by atoms with Gasteiger partial charge in [-0.15, -0.1) is 6.58 Å². The molecular formula is C23H29ClN4O4. The number of urea groups is 1. The molecule has 1 unspecified atom stereocenters. The molecule has 8 nitrogen and oxygen atoms in total. The predicted molar refractivity (Wildman–Crippen MR) is 122 cm³/mol. The van der Waals surface area contributed by atoms with E-state index in [9.17, 15) is 14.4 Å². The summed E-state index contributed by atoms with van der Waals surface area (Å²) in [4.78, 5) is 43.3. The number of carbonyl (C=O) groups excluding carboxylic acids is 3. The van der Waals surface area contributed by atoms with E-state index in [-0.39, 0.29) is 25.1 Å². The highest BCUT2D eigenvalue weighted by atomic mass is 35.5. The van der Waals surface area contributed by atoms with E-state index in [2.05, 4.69) is 16.8 Å². The number of amides is 3. The Kier molecular flexibility index (Phi) is 7.93. The third kappa shape index (κ3) is 5.31. The van der Waals surface area contributed by atoms with Crippen LogP contribution >= 0.6 is 11.6 Å². The van der Waals surface area contributed by atoms with E-state index in [0.29, 0.717) is 49.0 Å². The Hall–Kier alpha value is -2.84. The van der Waals surface area contributed by atoms with Crippen molar-refractivity contribution < 1.29 is 19.1 Å². The second kappa shape index (κ2) is 10.7. The van der Waals surface area contributed by atoms with Gasteiger partial charge in [0.25, 0.3) is 0 Å². The van der Waals surface area contributed by atoms with Gasteiger partial charge in [0.05, 0.1) is 18.2 Å². The number of hydrogen-bond acceptors (Lipinski definition) is 5. The summed E-state index contributed by atoms with van der Waals surface area (Å²) in [6, 6.07) is 6.06. The number of benzene rings is 1. The van der Waals surface area contributed by atoms with Gasteiger partial charge >= 0.3 is 12.0 Å². The van der Waals surface area contributed by atoms with Crippen LogP contribution in [0.1, 0.15) is 25.5 Å². The number of hydrogen-bond donors (Lipinski definition) is 1. The molecule has 1 aromatic carbocycles. The van der Waals surface area contributed by atoms with Crippen molar-refractivity contribution >= 4 is 29.5 Å². The molecule has 3 rings (SSSR count). The molecule has 0 radical (unpaired) electrons. The lowest BCUT2D eigenvalue weighted by Gasteiger charge is -2.40. The quantitative estimate of drug-likeness (QED) is 0.499. The van der Waals surface area contributed by atoms with Crippen LogP contribution in [-0.4, -0.2) is 78.5 Å². The first-order valence-corrected chi connectivity index (χ1v) is 11.1. The normalized spacial score (nSPS) is 19.6. The van der Waals surface area contributed by atoms with E-state index in [4.69, 9.17) is 16.3 Å². The van der Waals surface area contributed by atoms with Crippen molar-refractivity contribution in [2.45, 2.75) is 19.9 Å². The first-order valence-electron chi connectivity index (χ1n) is 10.7. The maximum atomic E-state index is 13.1. The maximum absolute atomic E-state index is 13.1. The van der Waals surface area contributed by atoms with Gasteiger partial charge in [0.15, 0.2) is 0 Å². The number of nitrogens with one attached hydrogen (secondary N) is 1. The molecule has 1 fully saturated rings. The summed E-state index contributed by atoms with van der Waals surface area (Å²) in [5, 5.41) is 3.50. The molecule has 0 aromatic heterocycles. The summed E-state index contributed by atoms with van der Waals surface area (Å²) in [5.74, 6) is -0.428. The zero-order valence-corrected chi connectivity index (χ0v) is 19.2. The molecule has 3 amide bonds. The Morgan fingerprint density at radius 1 is 1.22 bits per heavy atom. The van der Waals surface area contributed by atoms with Crippen molar-refractivity contribution in [3.8, 4) is 0 Å². The van der Waals surface area contributed by atoms with Crippen molar-refractivity contribution in [2.24, 2.45) is 0 Å².